The van der Waals surface area contributed by atoms with E-state index < -0.39 is 12.5 Å². The third-order valence-corrected chi connectivity index (χ3v) is 2.73. The van der Waals surface area contributed by atoms with Gasteiger partial charge in [-0.1, -0.05) is 0 Å². The van der Waals surface area contributed by atoms with Crippen LogP contribution in [0.5, 0.6) is 11.5 Å². The third kappa shape index (κ3) is 4.65. The van der Waals surface area contributed by atoms with E-state index in [1.54, 1.807) is 18.2 Å². The molecule has 0 radical (unpaired) electrons. The van der Waals surface area contributed by atoms with Crippen molar-refractivity contribution in [3.05, 3.63) is 23.8 Å². The van der Waals surface area contributed by atoms with Crippen LogP contribution in [0.15, 0.2) is 18.2 Å². The molecule has 6 heteroatoms. The average molecular weight is 275 g/mol. The summed E-state index contributed by atoms with van der Waals surface area (Å²) in [5.74, 6) is 1.08. The van der Waals surface area contributed by atoms with Crippen LogP contribution < -0.4 is 9.47 Å². The second-order valence-corrected chi connectivity index (χ2v) is 4.24. The van der Waals surface area contributed by atoms with E-state index in [1.807, 2.05) is 0 Å². The molecule has 0 spiro atoms. The highest BCUT2D eigenvalue weighted by molar-refractivity contribution is 5.42. The first kappa shape index (κ1) is 15.7. The smallest absolute Gasteiger partial charge is 0.251 e. The predicted molar refractivity (Wildman–Crippen MR) is 68.0 cm³/mol. The summed E-state index contributed by atoms with van der Waals surface area (Å²) in [4.78, 5) is 1.37. The van der Waals surface area contributed by atoms with Crippen molar-refractivity contribution in [2.75, 3.05) is 34.4 Å². The number of hydrogen-bond donors (Lipinski definition) is 1. The summed E-state index contributed by atoms with van der Waals surface area (Å²) in [5.41, 5.74) is 0.546. The van der Waals surface area contributed by atoms with Crippen LogP contribution >= 0.6 is 0 Å². The molecular formula is C13H19F2NO3. The van der Waals surface area contributed by atoms with Crippen LogP contribution in [0, 0.1) is 0 Å². The molecule has 0 amide bonds. The third-order valence-electron chi connectivity index (χ3n) is 2.73. The molecule has 1 aromatic carbocycles. The molecule has 0 saturated carbocycles. The van der Waals surface area contributed by atoms with Gasteiger partial charge in [-0.3, -0.25) is 4.90 Å². The Labute approximate surface area is 111 Å². The molecule has 0 heterocycles. The summed E-state index contributed by atoms with van der Waals surface area (Å²) < 4.78 is 34.7. The lowest BCUT2D eigenvalue weighted by molar-refractivity contribution is 0.0672. The number of likely N-dealkylation sites (N-methyl/N-ethyl adjacent to an activating group) is 1. The first-order chi connectivity index (χ1) is 8.97. The van der Waals surface area contributed by atoms with E-state index in [-0.39, 0.29) is 13.1 Å². The minimum atomic E-state index is -2.42. The Kier molecular flexibility index (Phi) is 5.98. The molecule has 1 aromatic rings. The van der Waals surface area contributed by atoms with Crippen LogP contribution in [0.1, 0.15) is 11.7 Å². The molecule has 0 aliphatic heterocycles. The number of alkyl halides is 2. The molecule has 1 atom stereocenters. The zero-order chi connectivity index (χ0) is 14.4. The maximum Gasteiger partial charge on any atom is 0.251 e. The first-order valence-corrected chi connectivity index (χ1v) is 5.84. The molecule has 1 rings (SSSR count). The van der Waals surface area contributed by atoms with Gasteiger partial charge in [0.05, 0.1) is 26.9 Å². The van der Waals surface area contributed by atoms with E-state index in [1.165, 1.54) is 26.2 Å². The van der Waals surface area contributed by atoms with Crippen LogP contribution in [0.3, 0.4) is 0 Å². The fraction of sp³-hybridized carbons (Fsp3) is 0.538. The lowest BCUT2D eigenvalue weighted by atomic mass is 10.1. The molecule has 0 aliphatic carbocycles. The molecule has 4 nitrogen and oxygen atoms in total. The zero-order valence-electron chi connectivity index (χ0n) is 11.3. The normalized spacial score (nSPS) is 12.8. The molecular weight excluding hydrogens is 256 g/mol. The minimum absolute atomic E-state index is 0.104. The molecule has 19 heavy (non-hydrogen) atoms. The van der Waals surface area contributed by atoms with Gasteiger partial charge in [0.25, 0.3) is 6.43 Å². The van der Waals surface area contributed by atoms with Gasteiger partial charge < -0.3 is 14.6 Å². The van der Waals surface area contributed by atoms with Crippen molar-refractivity contribution in [1.29, 1.82) is 0 Å². The number of nitrogens with zero attached hydrogens (tertiary/aromatic N) is 1. The van der Waals surface area contributed by atoms with Crippen molar-refractivity contribution in [1.82, 2.24) is 4.90 Å². The van der Waals surface area contributed by atoms with Crippen LogP contribution in [0.2, 0.25) is 0 Å². The van der Waals surface area contributed by atoms with Crippen molar-refractivity contribution in [3.8, 4) is 11.5 Å². The van der Waals surface area contributed by atoms with Gasteiger partial charge in [0.1, 0.15) is 11.5 Å². The number of methoxy groups -OCH3 is 2. The molecule has 0 fully saturated rings. The Hall–Kier alpha value is -1.40. The van der Waals surface area contributed by atoms with Crippen molar-refractivity contribution in [2.24, 2.45) is 0 Å². The van der Waals surface area contributed by atoms with E-state index in [0.29, 0.717) is 17.1 Å². The fourth-order valence-electron chi connectivity index (χ4n) is 1.80. The summed E-state index contributed by atoms with van der Waals surface area (Å²) in [6, 6.07) is 5.00. The second-order valence-electron chi connectivity index (χ2n) is 4.24. The number of hydrogen-bond acceptors (Lipinski definition) is 4. The highest BCUT2D eigenvalue weighted by Crippen LogP contribution is 2.29. The van der Waals surface area contributed by atoms with Crippen molar-refractivity contribution < 1.29 is 23.4 Å². The van der Waals surface area contributed by atoms with Gasteiger partial charge in [0.2, 0.25) is 0 Å². The predicted octanol–water partition coefficient (Wildman–Crippen LogP) is 1.93. The number of benzene rings is 1. The van der Waals surface area contributed by atoms with Gasteiger partial charge in [-0.15, -0.1) is 0 Å². The van der Waals surface area contributed by atoms with Crippen LogP contribution in [-0.2, 0) is 0 Å². The Balaban J connectivity index is 2.78. The average Bonchev–Trinajstić information content (AvgIpc) is 2.36. The second kappa shape index (κ2) is 7.25. The molecule has 1 N–H and O–H groups in total. The Morgan fingerprint density at radius 3 is 2.42 bits per heavy atom. The van der Waals surface area contributed by atoms with Crippen molar-refractivity contribution in [3.63, 3.8) is 0 Å². The Morgan fingerprint density at radius 2 is 1.89 bits per heavy atom. The largest absolute Gasteiger partial charge is 0.497 e. The number of aliphatic hydroxyl groups is 1. The van der Waals surface area contributed by atoms with E-state index in [0.717, 1.165) is 0 Å². The van der Waals surface area contributed by atoms with E-state index >= 15 is 0 Å². The number of aliphatic hydroxyl groups excluding tert-OH is 1. The van der Waals surface area contributed by atoms with Crippen LogP contribution in [-0.4, -0.2) is 50.8 Å². The summed E-state index contributed by atoms with van der Waals surface area (Å²) in [6.07, 6.45) is -3.32. The maximum absolute atomic E-state index is 12.2. The molecule has 108 valence electrons. The molecule has 0 bridgehead atoms. The summed E-state index contributed by atoms with van der Waals surface area (Å²) in [6.45, 7) is -0.275. The summed E-state index contributed by atoms with van der Waals surface area (Å²) >= 11 is 0. The number of rotatable bonds is 7. The molecule has 0 saturated heterocycles. The fourth-order valence-corrected chi connectivity index (χ4v) is 1.80. The van der Waals surface area contributed by atoms with E-state index in [4.69, 9.17) is 9.47 Å². The zero-order valence-corrected chi connectivity index (χ0v) is 11.3. The van der Waals surface area contributed by atoms with Crippen molar-refractivity contribution >= 4 is 0 Å². The van der Waals surface area contributed by atoms with Gasteiger partial charge in [-0.2, -0.15) is 0 Å². The van der Waals surface area contributed by atoms with Crippen LogP contribution in [0.4, 0.5) is 8.78 Å². The van der Waals surface area contributed by atoms with Crippen molar-refractivity contribution in [2.45, 2.75) is 12.5 Å². The number of halogens is 2. The Morgan fingerprint density at radius 1 is 1.21 bits per heavy atom. The monoisotopic (exact) mass is 275 g/mol. The standard InChI is InChI=1S/C13H19F2NO3/c1-16(8-13(14)15)7-11(17)10-5-4-9(18-2)6-12(10)19-3/h4-6,11,13,17H,7-8H2,1-3H3. The topological polar surface area (TPSA) is 41.9 Å². The molecule has 0 aromatic heterocycles. The Bertz CT molecular complexity index is 401. The van der Waals surface area contributed by atoms with Gasteiger partial charge in [0, 0.05) is 18.2 Å². The quantitative estimate of drug-likeness (QED) is 0.825. The summed E-state index contributed by atoms with van der Waals surface area (Å²) in [7, 11) is 4.54. The molecule has 1 unspecified atom stereocenters. The maximum atomic E-state index is 12.2. The van der Waals surface area contributed by atoms with Gasteiger partial charge in [-0.25, -0.2) is 8.78 Å². The van der Waals surface area contributed by atoms with E-state index in [9.17, 15) is 13.9 Å². The minimum Gasteiger partial charge on any atom is -0.497 e. The lowest BCUT2D eigenvalue weighted by Gasteiger charge is -2.21. The van der Waals surface area contributed by atoms with Gasteiger partial charge >= 0.3 is 0 Å². The molecule has 0 aliphatic rings. The SMILES string of the molecule is COc1ccc(C(O)CN(C)CC(F)F)c(OC)c1. The van der Waals surface area contributed by atoms with Gasteiger partial charge in [-0.05, 0) is 19.2 Å². The van der Waals surface area contributed by atoms with Gasteiger partial charge in [0.15, 0.2) is 0 Å². The lowest BCUT2D eigenvalue weighted by Crippen LogP contribution is -2.29. The van der Waals surface area contributed by atoms with E-state index in [2.05, 4.69) is 0 Å². The van der Waals surface area contributed by atoms with Crippen LogP contribution in [0.25, 0.3) is 0 Å². The highest BCUT2D eigenvalue weighted by Gasteiger charge is 2.17. The summed E-state index contributed by atoms with van der Waals surface area (Å²) in [5, 5.41) is 10.1. The highest BCUT2D eigenvalue weighted by atomic mass is 19.3. The first-order valence-electron chi connectivity index (χ1n) is 5.84. The number of ether oxygens (including phenoxy) is 2.